The van der Waals surface area contributed by atoms with E-state index < -0.39 is 10.2 Å². The van der Waals surface area contributed by atoms with Crippen molar-refractivity contribution in [2.45, 2.75) is 63.8 Å². The molecule has 118 valence electrons. The van der Waals surface area contributed by atoms with Crippen LogP contribution in [0.3, 0.4) is 0 Å². The number of halogens is 1. The van der Waals surface area contributed by atoms with E-state index in [4.69, 9.17) is 0 Å². The first-order valence-electron chi connectivity index (χ1n) is 7.82. The fourth-order valence-electron chi connectivity index (χ4n) is 3.20. The summed E-state index contributed by atoms with van der Waals surface area (Å²) in [5, 5.41) is 0.708. The van der Waals surface area contributed by atoms with Gasteiger partial charge in [-0.2, -0.15) is 17.4 Å². The summed E-state index contributed by atoms with van der Waals surface area (Å²) in [5.74, 6) is 0.713. The minimum Gasteiger partial charge on any atom is -0.195 e. The highest BCUT2D eigenvalue weighted by Gasteiger charge is 2.38. The monoisotopic (exact) mass is 366 g/mol. The summed E-state index contributed by atoms with van der Waals surface area (Å²) in [6, 6.07) is 0. The fourth-order valence-corrected chi connectivity index (χ4v) is 5.78. The third-order valence-corrected chi connectivity index (χ3v) is 7.55. The lowest BCUT2D eigenvalue weighted by Crippen LogP contribution is -2.56. The van der Waals surface area contributed by atoms with Crippen molar-refractivity contribution >= 4 is 26.1 Å². The van der Waals surface area contributed by atoms with E-state index >= 15 is 0 Å². The summed E-state index contributed by atoms with van der Waals surface area (Å²) in [6.07, 6.45) is 8.35. The Hall–Kier alpha value is 0.350. The van der Waals surface area contributed by atoms with Gasteiger partial charge in [-0.3, -0.25) is 0 Å². The van der Waals surface area contributed by atoms with Crippen molar-refractivity contribution < 1.29 is 8.42 Å². The van der Waals surface area contributed by atoms with Gasteiger partial charge in [-0.15, -0.1) is 0 Å². The number of hydrogen-bond acceptors (Lipinski definition) is 2. The largest absolute Gasteiger partial charge is 0.279 e. The molecule has 1 saturated heterocycles. The van der Waals surface area contributed by atoms with Crippen LogP contribution in [0, 0.1) is 5.92 Å². The van der Waals surface area contributed by atoms with E-state index in [-0.39, 0.29) is 5.54 Å². The van der Waals surface area contributed by atoms with Gasteiger partial charge in [-0.1, -0.05) is 35.7 Å². The summed E-state index contributed by atoms with van der Waals surface area (Å²) in [4.78, 5) is 0. The molecule has 0 unspecified atom stereocenters. The number of nitrogens with zero attached hydrogens (tertiary/aromatic N) is 1. The Morgan fingerprint density at radius 1 is 1.15 bits per heavy atom. The van der Waals surface area contributed by atoms with Crippen molar-refractivity contribution in [2.24, 2.45) is 5.92 Å². The molecule has 0 radical (unpaired) electrons. The highest BCUT2D eigenvalue weighted by atomic mass is 79.9. The maximum Gasteiger partial charge on any atom is 0.279 e. The lowest BCUT2D eigenvalue weighted by atomic mass is 9.79. The summed E-state index contributed by atoms with van der Waals surface area (Å²) >= 11 is 3.53. The Morgan fingerprint density at radius 2 is 1.70 bits per heavy atom. The Morgan fingerprint density at radius 3 is 2.20 bits per heavy atom. The minimum absolute atomic E-state index is 0.280. The molecule has 1 saturated carbocycles. The maximum absolute atomic E-state index is 12.6. The van der Waals surface area contributed by atoms with Gasteiger partial charge in [0.15, 0.2) is 0 Å². The zero-order chi connectivity index (χ0) is 14.6. The van der Waals surface area contributed by atoms with Gasteiger partial charge in [0.05, 0.1) is 0 Å². The maximum atomic E-state index is 12.6. The van der Waals surface area contributed by atoms with E-state index in [2.05, 4.69) is 27.6 Å². The van der Waals surface area contributed by atoms with Gasteiger partial charge >= 0.3 is 0 Å². The molecule has 0 aromatic heterocycles. The average molecular weight is 367 g/mol. The Kier molecular flexibility index (Phi) is 5.91. The molecule has 0 aromatic rings. The number of rotatable bonds is 4. The van der Waals surface area contributed by atoms with Crippen molar-refractivity contribution in [1.82, 2.24) is 9.03 Å². The first-order chi connectivity index (χ1) is 9.47. The van der Waals surface area contributed by atoms with E-state index in [1.54, 1.807) is 4.31 Å². The van der Waals surface area contributed by atoms with Crippen LogP contribution in [0.15, 0.2) is 0 Å². The van der Waals surface area contributed by atoms with Crippen LogP contribution in [0.4, 0.5) is 0 Å². The molecule has 2 aliphatic rings. The molecule has 4 nitrogen and oxygen atoms in total. The predicted molar refractivity (Wildman–Crippen MR) is 86.3 cm³/mol. The van der Waals surface area contributed by atoms with E-state index in [1.165, 1.54) is 0 Å². The SMILES string of the molecule is CC1CCC(CBr)(NS(=O)(=O)N2CCCCCC2)CC1. The van der Waals surface area contributed by atoms with Gasteiger partial charge in [0.1, 0.15) is 0 Å². The number of alkyl halides is 1. The van der Waals surface area contributed by atoms with Crippen LogP contribution in [0.2, 0.25) is 0 Å². The molecule has 1 N–H and O–H groups in total. The zero-order valence-electron chi connectivity index (χ0n) is 12.4. The summed E-state index contributed by atoms with van der Waals surface area (Å²) in [7, 11) is -3.34. The first kappa shape index (κ1) is 16.7. The second-order valence-electron chi connectivity index (χ2n) is 6.52. The normalized spacial score (nSPS) is 33.8. The standard InChI is InChI=1S/C14H27BrN2O2S/c1-13-6-8-14(12-15,9-7-13)16-20(18,19)17-10-4-2-3-5-11-17/h13,16H,2-12H2,1H3. The predicted octanol–water partition coefficient (Wildman–Crippen LogP) is 3.04. The topological polar surface area (TPSA) is 49.4 Å². The van der Waals surface area contributed by atoms with Crippen LogP contribution < -0.4 is 4.72 Å². The molecule has 2 rings (SSSR count). The van der Waals surface area contributed by atoms with Gasteiger partial charge in [0, 0.05) is 24.0 Å². The van der Waals surface area contributed by atoms with Crippen molar-refractivity contribution in [2.75, 3.05) is 18.4 Å². The molecule has 0 bridgehead atoms. The van der Waals surface area contributed by atoms with Crippen molar-refractivity contribution in [3.8, 4) is 0 Å². The van der Waals surface area contributed by atoms with Gasteiger partial charge < -0.3 is 0 Å². The van der Waals surface area contributed by atoms with Crippen molar-refractivity contribution in [3.05, 3.63) is 0 Å². The Labute approximate surface area is 132 Å². The number of nitrogens with one attached hydrogen (secondary N) is 1. The molecule has 6 heteroatoms. The third kappa shape index (κ3) is 4.18. The summed E-state index contributed by atoms with van der Waals surface area (Å²) in [6.45, 7) is 3.59. The van der Waals surface area contributed by atoms with Crippen molar-refractivity contribution in [3.63, 3.8) is 0 Å². The van der Waals surface area contributed by atoms with Gasteiger partial charge in [-0.25, -0.2) is 0 Å². The van der Waals surface area contributed by atoms with Crippen LogP contribution in [0.1, 0.15) is 58.3 Å². The van der Waals surface area contributed by atoms with E-state index in [1.807, 2.05) is 0 Å². The van der Waals surface area contributed by atoms with E-state index in [0.717, 1.165) is 51.4 Å². The van der Waals surface area contributed by atoms with Crippen LogP contribution >= 0.6 is 15.9 Å². The molecule has 1 aliphatic heterocycles. The zero-order valence-corrected chi connectivity index (χ0v) is 14.8. The van der Waals surface area contributed by atoms with Crippen LogP contribution in [-0.2, 0) is 10.2 Å². The molecular weight excluding hydrogens is 340 g/mol. The second kappa shape index (κ2) is 7.07. The van der Waals surface area contributed by atoms with Crippen LogP contribution in [0.5, 0.6) is 0 Å². The summed E-state index contributed by atoms with van der Waals surface area (Å²) < 4.78 is 30.0. The summed E-state index contributed by atoms with van der Waals surface area (Å²) in [5.41, 5.74) is -0.280. The lowest BCUT2D eigenvalue weighted by molar-refractivity contribution is 0.244. The number of hydrogen-bond donors (Lipinski definition) is 1. The molecule has 0 aromatic carbocycles. The molecule has 20 heavy (non-hydrogen) atoms. The Balaban J connectivity index is 2.05. The third-order valence-electron chi connectivity index (χ3n) is 4.74. The molecule has 0 atom stereocenters. The molecule has 1 aliphatic carbocycles. The molecule has 2 fully saturated rings. The minimum atomic E-state index is -3.34. The van der Waals surface area contributed by atoms with E-state index in [9.17, 15) is 8.42 Å². The van der Waals surface area contributed by atoms with E-state index in [0.29, 0.717) is 24.3 Å². The molecule has 0 spiro atoms. The van der Waals surface area contributed by atoms with Crippen LogP contribution in [0.25, 0.3) is 0 Å². The van der Waals surface area contributed by atoms with Crippen LogP contribution in [-0.4, -0.2) is 36.7 Å². The smallest absolute Gasteiger partial charge is 0.195 e. The van der Waals surface area contributed by atoms with Crippen molar-refractivity contribution in [1.29, 1.82) is 0 Å². The average Bonchev–Trinajstić information content (AvgIpc) is 2.71. The lowest BCUT2D eigenvalue weighted by Gasteiger charge is -2.39. The molecular formula is C14H27BrN2O2S. The Bertz CT molecular complexity index is 397. The van der Waals surface area contributed by atoms with Gasteiger partial charge in [0.25, 0.3) is 10.2 Å². The molecule has 0 amide bonds. The van der Waals surface area contributed by atoms with Gasteiger partial charge in [-0.05, 0) is 44.4 Å². The first-order valence-corrected chi connectivity index (χ1v) is 10.4. The quantitative estimate of drug-likeness (QED) is 0.777. The van der Waals surface area contributed by atoms with Gasteiger partial charge in [0.2, 0.25) is 0 Å². The molecule has 1 heterocycles. The second-order valence-corrected chi connectivity index (χ2v) is 8.75. The highest BCUT2D eigenvalue weighted by Crippen LogP contribution is 2.34. The highest BCUT2D eigenvalue weighted by molar-refractivity contribution is 9.09. The fraction of sp³-hybridized carbons (Fsp3) is 1.00.